The van der Waals surface area contributed by atoms with Crippen molar-refractivity contribution in [1.82, 2.24) is 15.1 Å². The molecule has 1 aromatic heterocycles. The van der Waals surface area contributed by atoms with E-state index in [1.165, 1.54) is 29.1 Å². The molecule has 1 heterocycles. The minimum Gasteiger partial charge on any atom is -0.383 e. The summed E-state index contributed by atoms with van der Waals surface area (Å²) in [7, 11) is 1.56. The normalized spacial score (nSPS) is 10.4. The van der Waals surface area contributed by atoms with Crippen LogP contribution >= 0.6 is 11.6 Å². The second-order valence-electron chi connectivity index (χ2n) is 4.82. The molecule has 2 N–H and O–H groups in total. The maximum Gasteiger partial charge on any atom is 0.271 e. The number of non-ortho nitro benzene ring substituents is 1. The highest BCUT2D eigenvalue weighted by Crippen LogP contribution is 2.28. The number of methoxy groups -OCH3 is 1. The van der Waals surface area contributed by atoms with Crippen LogP contribution in [0.3, 0.4) is 0 Å². The van der Waals surface area contributed by atoms with Gasteiger partial charge in [-0.1, -0.05) is 11.6 Å². The van der Waals surface area contributed by atoms with E-state index in [0.717, 1.165) is 0 Å². The van der Waals surface area contributed by atoms with Gasteiger partial charge in [-0.3, -0.25) is 19.6 Å². The summed E-state index contributed by atoms with van der Waals surface area (Å²) in [6.45, 7) is 0.940. The zero-order valence-electron chi connectivity index (χ0n) is 12.9. The van der Waals surface area contributed by atoms with Gasteiger partial charge in [0.25, 0.3) is 5.69 Å². The van der Waals surface area contributed by atoms with Gasteiger partial charge in [0.15, 0.2) is 0 Å². The number of nitrogens with one attached hydrogen (secondary N) is 2. The molecule has 0 radical (unpaired) electrons. The van der Waals surface area contributed by atoms with Gasteiger partial charge in [0.1, 0.15) is 6.54 Å². The zero-order valence-corrected chi connectivity index (χ0v) is 13.6. The van der Waals surface area contributed by atoms with Gasteiger partial charge < -0.3 is 15.4 Å². The number of carbonyl (C=O) groups excluding carboxylic acids is 1. The van der Waals surface area contributed by atoms with Crippen LogP contribution in [0.2, 0.25) is 5.02 Å². The number of hydrogen-bond donors (Lipinski definition) is 2. The predicted octanol–water partition coefficient (Wildman–Crippen LogP) is 1.95. The molecule has 9 nitrogen and oxygen atoms in total. The Kier molecular flexibility index (Phi) is 6.10. The third-order valence-electron chi connectivity index (χ3n) is 3.01. The fourth-order valence-corrected chi connectivity index (χ4v) is 2.11. The Labute approximate surface area is 142 Å². The third-order valence-corrected chi connectivity index (χ3v) is 3.32. The van der Waals surface area contributed by atoms with Crippen LogP contribution in [0.4, 0.5) is 17.1 Å². The van der Waals surface area contributed by atoms with Crippen molar-refractivity contribution >= 4 is 34.6 Å². The highest BCUT2D eigenvalue weighted by Gasteiger charge is 2.10. The second-order valence-corrected chi connectivity index (χ2v) is 5.22. The second kappa shape index (κ2) is 8.27. The molecule has 1 aromatic carbocycles. The first-order valence-corrected chi connectivity index (χ1v) is 7.36. The number of ether oxygens (including phenoxy) is 1. The van der Waals surface area contributed by atoms with Crippen LogP contribution in [0.25, 0.3) is 0 Å². The molecule has 0 saturated carbocycles. The average Bonchev–Trinajstić information content (AvgIpc) is 2.96. The first kappa shape index (κ1) is 17.7. The number of rotatable bonds is 8. The quantitative estimate of drug-likeness (QED) is 0.426. The molecule has 0 atom stereocenters. The maximum atomic E-state index is 11.7. The van der Waals surface area contributed by atoms with E-state index < -0.39 is 4.92 Å². The average molecular weight is 354 g/mol. The first-order valence-electron chi connectivity index (χ1n) is 6.98. The van der Waals surface area contributed by atoms with Crippen LogP contribution in [0.15, 0.2) is 30.6 Å². The van der Waals surface area contributed by atoms with Crippen molar-refractivity contribution in [3.63, 3.8) is 0 Å². The Morgan fingerprint density at radius 1 is 1.50 bits per heavy atom. The number of nitrogens with zero attached hydrogens (tertiary/aromatic N) is 3. The molecule has 0 aliphatic rings. The number of nitro groups is 1. The SMILES string of the molecule is COCCNC(=O)Cn1cc(Nc2ccc([N+](=O)[O-])cc2Cl)cn1. The number of anilines is 2. The number of nitro benzene ring substituents is 1. The topological polar surface area (TPSA) is 111 Å². The molecule has 0 fully saturated rings. The largest absolute Gasteiger partial charge is 0.383 e. The van der Waals surface area contributed by atoms with E-state index in [1.807, 2.05) is 0 Å². The molecule has 0 bridgehead atoms. The molecule has 10 heteroatoms. The van der Waals surface area contributed by atoms with E-state index in [1.54, 1.807) is 13.3 Å². The van der Waals surface area contributed by atoms with E-state index in [0.29, 0.717) is 24.5 Å². The molecular formula is C14H16ClN5O4. The van der Waals surface area contributed by atoms with Crippen LogP contribution in [-0.2, 0) is 16.1 Å². The molecule has 0 saturated heterocycles. The Bertz CT molecular complexity index is 734. The van der Waals surface area contributed by atoms with Crippen molar-refractivity contribution in [3.05, 3.63) is 45.7 Å². The molecule has 1 amide bonds. The Morgan fingerprint density at radius 3 is 2.96 bits per heavy atom. The summed E-state index contributed by atoms with van der Waals surface area (Å²) in [6.07, 6.45) is 3.16. The van der Waals surface area contributed by atoms with Crippen molar-refractivity contribution in [2.24, 2.45) is 0 Å². The van der Waals surface area contributed by atoms with E-state index in [-0.39, 0.29) is 23.2 Å². The van der Waals surface area contributed by atoms with Crippen LogP contribution in [0.5, 0.6) is 0 Å². The van der Waals surface area contributed by atoms with Crippen LogP contribution < -0.4 is 10.6 Å². The van der Waals surface area contributed by atoms with Gasteiger partial charge in [-0.05, 0) is 6.07 Å². The van der Waals surface area contributed by atoms with Crippen molar-refractivity contribution in [3.8, 4) is 0 Å². The Balaban J connectivity index is 1.96. The number of amides is 1. The molecule has 128 valence electrons. The summed E-state index contributed by atoms with van der Waals surface area (Å²) in [5, 5.41) is 20.7. The van der Waals surface area contributed by atoms with Crippen molar-refractivity contribution in [1.29, 1.82) is 0 Å². The van der Waals surface area contributed by atoms with Crippen LogP contribution in [0.1, 0.15) is 0 Å². The van der Waals surface area contributed by atoms with Gasteiger partial charge in [0.2, 0.25) is 5.91 Å². The number of hydrogen-bond acceptors (Lipinski definition) is 6. The summed E-state index contributed by atoms with van der Waals surface area (Å²) in [6, 6.07) is 4.12. The number of carbonyl (C=O) groups is 1. The van der Waals surface area contributed by atoms with Gasteiger partial charge >= 0.3 is 0 Å². The minimum atomic E-state index is -0.518. The molecule has 0 aliphatic carbocycles. The molecule has 0 unspecified atom stereocenters. The monoisotopic (exact) mass is 353 g/mol. The molecular weight excluding hydrogens is 338 g/mol. The summed E-state index contributed by atoms with van der Waals surface area (Å²) < 4.78 is 6.31. The van der Waals surface area contributed by atoms with Gasteiger partial charge in [-0.15, -0.1) is 0 Å². The smallest absolute Gasteiger partial charge is 0.271 e. The molecule has 0 aliphatic heterocycles. The third kappa shape index (κ3) is 4.93. The summed E-state index contributed by atoms with van der Waals surface area (Å²) >= 11 is 6.02. The maximum absolute atomic E-state index is 11.7. The number of aromatic nitrogens is 2. The highest BCUT2D eigenvalue weighted by atomic mass is 35.5. The fraction of sp³-hybridized carbons (Fsp3) is 0.286. The fourth-order valence-electron chi connectivity index (χ4n) is 1.88. The van der Waals surface area contributed by atoms with E-state index in [9.17, 15) is 14.9 Å². The van der Waals surface area contributed by atoms with Crippen LogP contribution in [-0.4, -0.2) is 40.9 Å². The van der Waals surface area contributed by atoms with E-state index >= 15 is 0 Å². The molecule has 2 aromatic rings. The Hall–Kier alpha value is -2.65. The van der Waals surface area contributed by atoms with Crippen molar-refractivity contribution < 1.29 is 14.5 Å². The van der Waals surface area contributed by atoms with E-state index in [2.05, 4.69) is 15.7 Å². The lowest BCUT2D eigenvalue weighted by atomic mass is 10.3. The lowest BCUT2D eigenvalue weighted by molar-refractivity contribution is -0.384. The van der Waals surface area contributed by atoms with E-state index in [4.69, 9.17) is 16.3 Å². The standard InChI is InChI=1S/C14H16ClN5O4/c1-24-5-4-16-14(21)9-19-8-10(7-17-19)18-13-3-2-11(20(22)23)6-12(13)15/h2-3,6-8,18H,4-5,9H2,1H3,(H,16,21). The van der Waals surface area contributed by atoms with Crippen molar-refractivity contribution in [2.45, 2.75) is 6.54 Å². The summed E-state index contributed by atoms with van der Waals surface area (Å²) in [5.74, 6) is -0.185. The van der Waals surface area contributed by atoms with Gasteiger partial charge in [-0.25, -0.2) is 0 Å². The van der Waals surface area contributed by atoms with Gasteiger partial charge in [-0.2, -0.15) is 5.10 Å². The summed E-state index contributed by atoms with van der Waals surface area (Å²) in [5.41, 5.74) is 1.02. The molecule has 24 heavy (non-hydrogen) atoms. The zero-order chi connectivity index (χ0) is 17.5. The Morgan fingerprint density at radius 2 is 2.29 bits per heavy atom. The number of benzene rings is 1. The van der Waals surface area contributed by atoms with Gasteiger partial charge in [0, 0.05) is 32.0 Å². The number of halogens is 1. The highest BCUT2D eigenvalue weighted by molar-refractivity contribution is 6.33. The van der Waals surface area contributed by atoms with Gasteiger partial charge in [0.05, 0.1) is 34.1 Å². The minimum absolute atomic E-state index is 0.0688. The summed E-state index contributed by atoms with van der Waals surface area (Å²) in [4.78, 5) is 21.8. The lowest BCUT2D eigenvalue weighted by Gasteiger charge is -2.06. The van der Waals surface area contributed by atoms with Crippen molar-refractivity contribution in [2.75, 3.05) is 25.6 Å². The lowest BCUT2D eigenvalue weighted by Crippen LogP contribution is -2.30. The predicted molar refractivity (Wildman–Crippen MR) is 88.5 cm³/mol. The molecule has 2 rings (SSSR count). The molecule has 0 spiro atoms. The van der Waals surface area contributed by atoms with Crippen LogP contribution in [0, 0.1) is 10.1 Å². The first-order chi connectivity index (χ1) is 11.5.